The largest absolute Gasteiger partial charge is 0.502 e. The van der Waals surface area contributed by atoms with Crippen molar-refractivity contribution in [2.45, 2.75) is 0 Å². The molecule has 6 nitrogen and oxygen atoms in total. The van der Waals surface area contributed by atoms with Gasteiger partial charge < -0.3 is 14.6 Å². The van der Waals surface area contributed by atoms with Crippen molar-refractivity contribution < 1.29 is 19.4 Å². The minimum absolute atomic E-state index is 0.0931. The summed E-state index contributed by atoms with van der Waals surface area (Å²) in [4.78, 5) is 12.0. The molecule has 0 radical (unpaired) electrons. The molecule has 2 aromatic carbocycles. The van der Waals surface area contributed by atoms with Crippen LogP contribution in [0.25, 0.3) is 0 Å². The molecule has 0 bridgehead atoms. The van der Waals surface area contributed by atoms with Crippen LogP contribution in [0.2, 0.25) is 0 Å². The highest BCUT2D eigenvalue weighted by Gasteiger charge is 2.11. The van der Waals surface area contributed by atoms with Gasteiger partial charge in [0.1, 0.15) is 0 Å². The number of amides is 1. The normalized spacial score (nSPS) is 10.6. The summed E-state index contributed by atoms with van der Waals surface area (Å²) >= 11 is 3.31. The number of nitrogens with one attached hydrogen (secondary N) is 1. The van der Waals surface area contributed by atoms with Gasteiger partial charge in [-0.1, -0.05) is 12.1 Å². The van der Waals surface area contributed by atoms with E-state index >= 15 is 0 Å². The number of phenols is 1. The summed E-state index contributed by atoms with van der Waals surface area (Å²) in [6, 6.07) is 10.2. The molecule has 0 aromatic heterocycles. The molecule has 0 heterocycles. The fourth-order valence-electron chi connectivity index (χ4n) is 1.86. The number of aromatic hydroxyl groups is 1. The number of carbonyl (C=O) groups excluding carboxylic acids is 1. The zero-order valence-corrected chi connectivity index (χ0v) is 14.1. The molecule has 2 N–H and O–H groups in total. The van der Waals surface area contributed by atoms with Crippen molar-refractivity contribution in [2.75, 3.05) is 14.2 Å². The zero-order valence-electron chi connectivity index (χ0n) is 12.5. The lowest BCUT2D eigenvalue weighted by molar-refractivity contribution is 0.0954. The van der Waals surface area contributed by atoms with Crippen molar-refractivity contribution in [3.05, 3.63) is 52.0 Å². The Hall–Kier alpha value is -2.54. The molecular formula is C16H15BrN2O4. The number of benzene rings is 2. The van der Waals surface area contributed by atoms with Crippen LogP contribution in [-0.2, 0) is 0 Å². The molecule has 0 atom stereocenters. The number of ether oxygens (including phenoxy) is 2. The molecule has 120 valence electrons. The van der Waals surface area contributed by atoms with Crippen LogP contribution >= 0.6 is 15.9 Å². The van der Waals surface area contributed by atoms with Crippen molar-refractivity contribution in [1.82, 2.24) is 5.43 Å². The topological polar surface area (TPSA) is 80.2 Å². The lowest BCUT2D eigenvalue weighted by Crippen LogP contribution is -2.18. The maximum Gasteiger partial charge on any atom is 0.272 e. The average molecular weight is 379 g/mol. The molecule has 0 saturated heterocycles. The quantitative estimate of drug-likeness (QED) is 0.619. The highest BCUT2D eigenvalue weighted by molar-refractivity contribution is 9.10. The molecular weight excluding hydrogens is 364 g/mol. The molecule has 7 heteroatoms. The second-order valence-corrected chi connectivity index (χ2v) is 5.31. The summed E-state index contributed by atoms with van der Waals surface area (Å²) in [7, 11) is 2.87. The van der Waals surface area contributed by atoms with Gasteiger partial charge in [0.25, 0.3) is 5.91 Å². The van der Waals surface area contributed by atoms with E-state index < -0.39 is 0 Å². The van der Waals surface area contributed by atoms with Gasteiger partial charge in [0.15, 0.2) is 11.5 Å². The smallest absolute Gasteiger partial charge is 0.272 e. The van der Waals surface area contributed by atoms with E-state index in [1.54, 1.807) is 30.3 Å². The molecule has 23 heavy (non-hydrogen) atoms. The van der Waals surface area contributed by atoms with Gasteiger partial charge in [-0.25, -0.2) is 5.43 Å². The maximum atomic E-state index is 12.0. The van der Waals surface area contributed by atoms with Crippen molar-refractivity contribution >= 4 is 28.1 Å². The van der Waals surface area contributed by atoms with Gasteiger partial charge >= 0.3 is 0 Å². The van der Waals surface area contributed by atoms with Gasteiger partial charge in [-0.05, 0) is 40.2 Å². The van der Waals surface area contributed by atoms with Gasteiger partial charge in [-0.2, -0.15) is 5.10 Å². The molecule has 0 unspecified atom stereocenters. The highest BCUT2D eigenvalue weighted by Crippen LogP contribution is 2.36. The third-order valence-electron chi connectivity index (χ3n) is 3.00. The standard InChI is InChI=1S/C16H15BrN2O4/c1-22-13-7-10(8-14(23-2)15(13)20)9-18-19-16(21)11-5-3-4-6-12(11)17/h3-9,20H,1-2H3,(H,19,21)/b18-9+. The van der Waals surface area contributed by atoms with Crippen LogP contribution in [0.15, 0.2) is 46.0 Å². The van der Waals surface area contributed by atoms with Crippen molar-refractivity contribution in [3.8, 4) is 17.2 Å². The van der Waals surface area contributed by atoms with Gasteiger partial charge in [-0.3, -0.25) is 4.79 Å². The van der Waals surface area contributed by atoms with E-state index in [-0.39, 0.29) is 23.2 Å². The van der Waals surface area contributed by atoms with Crippen LogP contribution in [0.5, 0.6) is 17.2 Å². The highest BCUT2D eigenvalue weighted by atomic mass is 79.9. The maximum absolute atomic E-state index is 12.0. The summed E-state index contributed by atoms with van der Waals surface area (Å²) in [6.45, 7) is 0. The molecule has 0 fully saturated rings. The van der Waals surface area contributed by atoms with E-state index in [1.807, 2.05) is 6.07 Å². The Morgan fingerprint density at radius 1 is 1.22 bits per heavy atom. The summed E-state index contributed by atoms with van der Waals surface area (Å²) in [5.41, 5.74) is 3.51. The number of halogens is 1. The first-order valence-electron chi connectivity index (χ1n) is 6.59. The van der Waals surface area contributed by atoms with Crippen LogP contribution < -0.4 is 14.9 Å². The van der Waals surface area contributed by atoms with E-state index in [9.17, 15) is 9.90 Å². The molecule has 2 rings (SSSR count). The van der Waals surface area contributed by atoms with E-state index in [4.69, 9.17) is 9.47 Å². The molecule has 0 aliphatic heterocycles. The lowest BCUT2D eigenvalue weighted by atomic mass is 10.2. The number of hydrogen-bond acceptors (Lipinski definition) is 5. The number of nitrogens with zero attached hydrogens (tertiary/aromatic N) is 1. The summed E-state index contributed by atoms with van der Waals surface area (Å²) in [6.07, 6.45) is 1.43. The van der Waals surface area contributed by atoms with Crippen LogP contribution in [0, 0.1) is 0 Å². The Bertz CT molecular complexity index is 722. The summed E-state index contributed by atoms with van der Waals surface area (Å²) in [5, 5.41) is 13.7. The Morgan fingerprint density at radius 3 is 2.39 bits per heavy atom. The third kappa shape index (κ3) is 4.01. The van der Waals surface area contributed by atoms with Crippen LogP contribution in [0.1, 0.15) is 15.9 Å². The second-order valence-electron chi connectivity index (χ2n) is 4.45. The van der Waals surface area contributed by atoms with E-state index in [0.29, 0.717) is 15.6 Å². The SMILES string of the molecule is COc1cc(/C=N/NC(=O)c2ccccc2Br)cc(OC)c1O. The van der Waals surface area contributed by atoms with Crippen molar-refractivity contribution in [1.29, 1.82) is 0 Å². The number of rotatable bonds is 5. The molecule has 0 saturated carbocycles. The predicted molar refractivity (Wildman–Crippen MR) is 90.4 cm³/mol. The zero-order chi connectivity index (χ0) is 16.8. The average Bonchev–Trinajstić information content (AvgIpc) is 2.56. The van der Waals surface area contributed by atoms with Gasteiger partial charge in [0.2, 0.25) is 5.75 Å². The second kappa shape index (κ2) is 7.64. The number of hydrazone groups is 1. The van der Waals surface area contributed by atoms with Crippen LogP contribution in [-0.4, -0.2) is 31.4 Å². The first kappa shape index (κ1) is 16.8. The van der Waals surface area contributed by atoms with Gasteiger partial charge in [-0.15, -0.1) is 0 Å². The van der Waals surface area contributed by atoms with E-state index in [1.165, 1.54) is 20.4 Å². The van der Waals surface area contributed by atoms with Gasteiger partial charge in [0.05, 0.1) is 26.0 Å². The van der Waals surface area contributed by atoms with Crippen LogP contribution in [0.3, 0.4) is 0 Å². The number of phenolic OH excluding ortho intramolecular Hbond substituents is 1. The molecule has 2 aromatic rings. The number of methoxy groups -OCH3 is 2. The van der Waals surface area contributed by atoms with Gasteiger partial charge in [0, 0.05) is 10.0 Å². The number of carbonyl (C=O) groups is 1. The first-order chi connectivity index (χ1) is 11.1. The Balaban J connectivity index is 2.15. The van der Waals surface area contributed by atoms with E-state index in [2.05, 4.69) is 26.5 Å². The fourth-order valence-corrected chi connectivity index (χ4v) is 2.32. The Kier molecular flexibility index (Phi) is 5.59. The van der Waals surface area contributed by atoms with Crippen LogP contribution in [0.4, 0.5) is 0 Å². The monoisotopic (exact) mass is 378 g/mol. The number of hydrogen-bond donors (Lipinski definition) is 2. The Morgan fingerprint density at radius 2 is 1.83 bits per heavy atom. The lowest BCUT2D eigenvalue weighted by Gasteiger charge is -2.09. The van der Waals surface area contributed by atoms with Crippen molar-refractivity contribution in [3.63, 3.8) is 0 Å². The summed E-state index contributed by atoms with van der Waals surface area (Å²) in [5.74, 6) is 0.0710. The Labute approximate surface area is 141 Å². The minimum atomic E-state index is -0.341. The summed E-state index contributed by atoms with van der Waals surface area (Å²) < 4.78 is 10.8. The first-order valence-corrected chi connectivity index (χ1v) is 7.39. The van der Waals surface area contributed by atoms with E-state index in [0.717, 1.165) is 0 Å². The fraction of sp³-hybridized carbons (Fsp3) is 0.125. The molecule has 1 amide bonds. The molecule has 0 aliphatic carbocycles. The minimum Gasteiger partial charge on any atom is -0.502 e. The van der Waals surface area contributed by atoms with Crippen molar-refractivity contribution in [2.24, 2.45) is 5.10 Å². The third-order valence-corrected chi connectivity index (χ3v) is 3.69. The molecule has 0 aliphatic rings. The molecule has 0 spiro atoms. The predicted octanol–water partition coefficient (Wildman–Crippen LogP) is 2.94.